The summed E-state index contributed by atoms with van der Waals surface area (Å²) in [7, 11) is 0. The lowest BCUT2D eigenvalue weighted by Crippen LogP contribution is -2.21. The first kappa shape index (κ1) is 19.2. The van der Waals surface area contributed by atoms with Gasteiger partial charge in [-0.3, -0.25) is 4.79 Å². The minimum atomic E-state index is -1.33. The third kappa shape index (κ3) is 6.08. The average molecular weight is 333 g/mol. The molecule has 0 spiro atoms. The van der Waals surface area contributed by atoms with Crippen LogP contribution in [0.3, 0.4) is 0 Å². The van der Waals surface area contributed by atoms with Crippen LogP contribution in [0.15, 0.2) is 53.3 Å². The molecule has 0 aliphatic carbocycles. The first-order valence-corrected chi connectivity index (χ1v) is 7.23. The van der Waals surface area contributed by atoms with E-state index < -0.39 is 23.7 Å². The number of hydrogen-bond acceptors (Lipinski definition) is 3. The summed E-state index contributed by atoms with van der Waals surface area (Å²) >= 11 is 0. The van der Waals surface area contributed by atoms with Gasteiger partial charge in [-0.15, -0.1) is 0 Å². The Bertz CT molecular complexity index is 698. The molecule has 5 nitrogen and oxygen atoms in total. The first-order chi connectivity index (χ1) is 11.2. The second-order valence-corrected chi connectivity index (χ2v) is 5.48. The molecule has 128 valence electrons. The number of aliphatic carboxylic acids is 2. The molecule has 0 heterocycles. The van der Waals surface area contributed by atoms with E-state index in [-0.39, 0.29) is 12.0 Å². The van der Waals surface area contributed by atoms with E-state index in [1.165, 1.54) is 30.3 Å². The largest absolute Gasteiger partial charge is 0.481 e. The zero-order valence-corrected chi connectivity index (χ0v) is 13.5. The Morgan fingerprint density at radius 3 is 2.21 bits per heavy atom. The van der Waals surface area contributed by atoms with E-state index in [1.807, 2.05) is 0 Å². The molecule has 24 heavy (non-hydrogen) atoms. The lowest BCUT2D eigenvalue weighted by Gasteiger charge is -2.14. The molecule has 0 aliphatic heterocycles. The Balaban J connectivity index is 3.19. The van der Waals surface area contributed by atoms with Crippen LogP contribution in [-0.4, -0.2) is 22.2 Å². The van der Waals surface area contributed by atoms with Gasteiger partial charge in [0.05, 0.1) is 11.5 Å². The molecule has 0 bridgehead atoms. The standard InChI is InChI=1S/C18H20FNO4/c1-11(3-4-12(2)20)9-15(17(21)22)16(18(23)24)10-13-5-7-14(19)8-6-13/h3-8,10,15H,9,20H2,1-2H3,(H,21,22)(H,23,24)/b11-3+,12-4+,16-10-. The maximum atomic E-state index is 12.9. The quantitative estimate of drug-likeness (QED) is 0.525. The molecule has 0 saturated heterocycles. The number of benzene rings is 1. The topological polar surface area (TPSA) is 101 Å². The smallest absolute Gasteiger partial charge is 0.332 e. The van der Waals surface area contributed by atoms with Gasteiger partial charge in [0.25, 0.3) is 0 Å². The molecule has 1 unspecified atom stereocenters. The summed E-state index contributed by atoms with van der Waals surface area (Å²) in [5.41, 5.74) is 6.90. The number of hydrogen-bond donors (Lipinski definition) is 3. The number of allylic oxidation sites excluding steroid dienone is 4. The fraction of sp³-hybridized carbons (Fsp3) is 0.222. The molecule has 4 N–H and O–H groups in total. The number of carboxylic acids is 2. The molecule has 0 aliphatic rings. The van der Waals surface area contributed by atoms with Gasteiger partial charge in [-0.2, -0.15) is 0 Å². The normalized spacial score (nSPS) is 14.4. The monoisotopic (exact) mass is 333 g/mol. The molecule has 0 saturated carbocycles. The van der Waals surface area contributed by atoms with Crippen molar-refractivity contribution >= 4 is 18.0 Å². The van der Waals surface area contributed by atoms with Crippen molar-refractivity contribution in [1.82, 2.24) is 0 Å². The van der Waals surface area contributed by atoms with Crippen molar-refractivity contribution in [3.05, 3.63) is 64.6 Å². The maximum Gasteiger partial charge on any atom is 0.332 e. The molecule has 6 heteroatoms. The molecule has 0 radical (unpaired) electrons. The summed E-state index contributed by atoms with van der Waals surface area (Å²) in [5.74, 6) is -4.26. The van der Waals surface area contributed by atoms with E-state index in [0.29, 0.717) is 16.8 Å². The van der Waals surface area contributed by atoms with E-state index in [0.717, 1.165) is 0 Å². The Morgan fingerprint density at radius 1 is 1.17 bits per heavy atom. The number of nitrogens with two attached hydrogens (primary N) is 1. The molecule has 1 aromatic carbocycles. The highest BCUT2D eigenvalue weighted by Crippen LogP contribution is 2.23. The number of rotatable bonds is 7. The van der Waals surface area contributed by atoms with Crippen molar-refractivity contribution in [2.75, 3.05) is 0 Å². The van der Waals surface area contributed by atoms with E-state index in [9.17, 15) is 24.2 Å². The van der Waals surface area contributed by atoms with Crippen molar-refractivity contribution in [3.63, 3.8) is 0 Å². The van der Waals surface area contributed by atoms with Gasteiger partial charge in [-0.1, -0.05) is 23.8 Å². The number of carboxylic acid groups (broad SMARTS) is 2. The molecule has 1 aromatic rings. The van der Waals surface area contributed by atoms with Gasteiger partial charge in [0, 0.05) is 5.70 Å². The second kappa shape index (κ2) is 8.67. The summed E-state index contributed by atoms with van der Waals surface area (Å²) in [6.07, 6.45) is 4.55. The van der Waals surface area contributed by atoms with Crippen molar-refractivity contribution in [3.8, 4) is 0 Å². The van der Waals surface area contributed by atoms with Crippen molar-refractivity contribution in [2.45, 2.75) is 20.3 Å². The second-order valence-electron chi connectivity index (χ2n) is 5.48. The molecule has 0 amide bonds. The zero-order chi connectivity index (χ0) is 18.3. The molecular weight excluding hydrogens is 313 g/mol. The third-order valence-corrected chi connectivity index (χ3v) is 3.27. The molecule has 1 atom stereocenters. The van der Waals surface area contributed by atoms with Gasteiger partial charge in [0.15, 0.2) is 0 Å². The van der Waals surface area contributed by atoms with Crippen LogP contribution in [0.5, 0.6) is 0 Å². The average Bonchev–Trinajstić information content (AvgIpc) is 2.50. The number of halogens is 1. The molecule has 0 fully saturated rings. The summed E-state index contributed by atoms with van der Waals surface area (Å²) in [6.45, 7) is 3.39. The minimum absolute atomic E-state index is 0.0262. The van der Waals surface area contributed by atoms with Crippen LogP contribution < -0.4 is 5.73 Å². The van der Waals surface area contributed by atoms with Crippen LogP contribution in [0, 0.1) is 11.7 Å². The third-order valence-electron chi connectivity index (χ3n) is 3.27. The minimum Gasteiger partial charge on any atom is -0.481 e. The lowest BCUT2D eigenvalue weighted by molar-refractivity contribution is -0.143. The molecule has 1 rings (SSSR count). The highest BCUT2D eigenvalue weighted by Gasteiger charge is 2.27. The van der Waals surface area contributed by atoms with E-state index in [2.05, 4.69) is 0 Å². The fourth-order valence-electron chi connectivity index (χ4n) is 2.04. The van der Waals surface area contributed by atoms with E-state index >= 15 is 0 Å². The van der Waals surface area contributed by atoms with Gasteiger partial charge < -0.3 is 15.9 Å². The van der Waals surface area contributed by atoms with Gasteiger partial charge in [0.2, 0.25) is 0 Å². The maximum absolute atomic E-state index is 12.9. The van der Waals surface area contributed by atoms with E-state index in [1.54, 1.807) is 26.0 Å². The first-order valence-electron chi connectivity index (χ1n) is 7.23. The number of carbonyl (C=O) groups is 2. The van der Waals surface area contributed by atoms with Crippen LogP contribution in [0.25, 0.3) is 6.08 Å². The Kier molecular flexibility index (Phi) is 6.92. The Morgan fingerprint density at radius 2 is 1.75 bits per heavy atom. The van der Waals surface area contributed by atoms with Crippen molar-refractivity contribution in [2.24, 2.45) is 11.7 Å². The van der Waals surface area contributed by atoms with Crippen LogP contribution in [0.1, 0.15) is 25.8 Å². The van der Waals surface area contributed by atoms with Crippen LogP contribution in [0.2, 0.25) is 0 Å². The molecule has 0 aromatic heterocycles. The summed E-state index contributed by atoms with van der Waals surface area (Å²) in [4.78, 5) is 23.0. The molecular formula is C18H20FNO4. The highest BCUT2D eigenvalue weighted by atomic mass is 19.1. The lowest BCUT2D eigenvalue weighted by atomic mass is 9.90. The van der Waals surface area contributed by atoms with Crippen LogP contribution >= 0.6 is 0 Å². The van der Waals surface area contributed by atoms with Gasteiger partial charge in [-0.05, 0) is 50.1 Å². The summed E-state index contributed by atoms with van der Waals surface area (Å²) in [5, 5.41) is 18.8. The predicted molar refractivity (Wildman–Crippen MR) is 89.5 cm³/mol. The fourth-order valence-corrected chi connectivity index (χ4v) is 2.04. The van der Waals surface area contributed by atoms with E-state index in [4.69, 9.17) is 5.73 Å². The van der Waals surface area contributed by atoms with Gasteiger partial charge in [0.1, 0.15) is 5.82 Å². The predicted octanol–water partition coefficient (Wildman–Crippen LogP) is 3.19. The Hall–Kier alpha value is -2.89. The van der Waals surface area contributed by atoms with Gasteiger partial charge in [-0.25, -0.2) is 9.18 Å². The van der Waals surface area contributed by atoms with Crippen LogP contribution in [0.4, 0.5) is 4.39 Å². The van der Waals surface area contributed by atoms with Crippen molar-refractivity contribution < 1.29 is 24.2 Å². The SMILES string of the molecule is C/C(N)=C\C=C(/C)CC(C(=O)O)/C(=C/c1ccc(F)cc1)C(=O)O. The van der Waals surface area contributed by atoms with Crippen LogP contribution in [-0.2, 0) is 9.59 Å². The summed E-state index contributed by atoms with van der Waals surface area (Å²) < 4.78 is 12.9. The van der Waals surface area contributed by atoms with Gasteiger partial charge >= 0.3 is 11.9 Å². The Labute approximate surface area is 139 Å². The zero-order valence-electron chi connectivity index (χ0n) is 13.5. The van der Waals surface area contributed by atoms with Crippen molar-refractivity contribution in [1.29, 1.82) is 0 Å². The summed E-state index contributed by atoms with van der Waals surface area (Å²) in [6, 6.07) is 5.14. The highest BCUT2D eigenvalue weighted by molar-refractivity contribution is 5.98.